The predicted molar refractivity (Wildman–Crippen MR) is 75.7 cm³/mol. The molecule has 6 nitrogen and oxygen atoms in total. The van der Waals surface area contributed by atoms with E-state index in [1.165, 1.54) is 12.8 Å². The highest BCUT2D eigenvalue weighted by Crippen LogP contribution is 2.32. The molecule has 3 rings (SSSR count). The Morgan fingerprint density at radius 2 is 2.10 bits per heavy atom. The maximum absolute atomic E-state index is 11.8. The fourth-order valence-electron chi connectivity index (χ4n) is 2.10. The van der Waals surface area contributed by atoms with E-state index in [0.29, 0.717) is 11.7 Å². The van der Waals surface area contributed by atoms with Crippen LogP contribution in [0.3, 0.4) is 0 Å². The first kappa shape index (κ1) is 12.7. The second-order valence-electron chi connectivity index (χ2n) is 5.08. The van der Waals surface area contributed by atoms with Crippen LogP contribution in [0.2, 0.25) is 0 Å². The Bertz CT molecular complexity index is 591. The highest BCUT2D eigenvalue weighted by Gasteiger charge is 2.28. The summed E-state index contributed by atoms with van der Waals surface area (Å²) >= 11 is 0. The van der Waals surface area contributed by atoms with Crippen molar-refractivity contribution < 1.29 is 4.79 Å². The molecule has 1 unspecified atom stereocenters. The van der Waals surface area contributed by atoms with Crippen LogP contribution in [0, 0.1) is 5.92 Å². The summed E-state index contributed by atoms with van der Waals surface area (Å²) in [7, 11) is 0. The summed E-state index contributed by atoms with van der Waals surface area (Å²) in [4.78, 5) is 15.8. The van der Waals surface area contributed by atoms with Crippen LogP contribution in [0.4, 0.5) is 10.6 Å². The number of carbonyl (C=O) groups is 1. The number of hydrogen-bond donors (Lipinski definition) is 2. The van der Waals surface area contributed by atoms with Gasteiger partial charge in [0, 0.05) is 30.7 Å². The van der Waals surface area contributed by atoms with Crippen molar-refractivity contribution in [1.29, 1.82) is 0 Å². The van der Waals surface area contributed by atoms with E-state index in [2.05, 4.69) is 20.7 Å². The molecule has 0 saturated heterocycles. The minimum atomic E-state index is -0.204. The highest BCUT2D eigenvalue weighted by molar-refractivity contribution is 5.88. The quantitative estimate of drug-likeness (QED) is 0.895. The topological polar surface area (TPSA) is 71.8 Å². The predicted octanol–water partition coefficient (Wildman–Crippen LogP) is 2.19. The highest BCUT2D eigenvalue weighted by atomic mass is 16.2. The van der Waals surface area contributed by atoms with E-state index in [9.17, 15) is 4.79 Å². The lowest BCUT2D eigenvalue weighted by molar-refractivity contribution is 0.248. The Morgan fingerprint density at radius 1 is 1.35 bits per heavy atom. The normalized spacial score (nSPS) is 15.7. The Hall–Kier alpha value is -2.37. The van der Waals surface area contributed by atoms with Crippen LogP contribution in [-0.4, -0.2) is 26.8 Å². The van der Waals surface area contributed by atoms with E-state index in [0.717, 1.165) is 5.69 Å². The van der Waals surface area contributed by atoms with Gasteiger partial charge in [-0.25, -0.2) is 9.48 Å². The van der Waals surface area contributed by atoms with E-state index in [4.69, 9.17) is 0 Å². The summed E-state index contributed by atoms with van der Waals surface area (Å²) in [6.07, 6.45) is 7.62. The van der Waals surface area contributed by atoms with Gasteiger partial charge in [-0.3, -0.25) is 10.3 Å². The number of nitrogens with one attached hydrogen (secondary N) is 2. The zero-order chi connectivity index (χ0) is 13.9. The van der Waals surface area contributed by atoms with Gasteiger partial charge in [0.05, 0.1) is 5.69 Å². The minimum Gasteiger partial charge on any atom is -0.335 e. The summed E-state index contributed by atoms with van der Waals surface area (Å²) in [5.41, 5.74) is 0.903. The lowest BCUT2D eigenvalue weighted by Crippen LogP contribution is -2.37. The SMILES string of the molecule is CC(NC(=O)Nc1ccn(-c2ccncc2)n1)C1CC1. The van der Waals surface area contributed by atoms with Crippen molar-refractivity contribution in [2.24, 2.45) is 5.92 Å². The van der Waals surface area contributed by atoms with Crippen molar-refractivity contribution in [2.75, 3.05) is 5.32 Å². The third-order valence-electron chi connectivity index (χ3n) is 3.45. The number of hydrogen-bond acceptors (Lipinski definition) is 3. The molecule has 2 amide bonds. The first-order chi connectivity index (χ1) is 9.72. The molecule has 1 fully saturated rings. The third-order valence-corrected chi connectivity index (χ3v) is 3.45. The minimum absolute atomic E-state index is 0.204. The first-order valence-electron chi connectivity index (χ1n) is 6.76. The molecule has 1 atom stereocenters. The maximum atomic E-state index is 11.8. The Balaban J connectivity index is 1.61. The van der Waals surface area contributed by atoms with Crippen LogP contribution in [0.5, 0.6) is 0 Å². The molecule has 0 spiro atoms. The van der Waals surface area contributed by atoms with Crippen molar-refractivity contribution in [2.45, 2.75) is 25.8 Å². The Labute approximate surface area is 117 Å². The summed E-state index contributed by atoms with van der Waals surface area (Å²) in [5, 5.41) is 9.98. The lowest BCUT2D eigenvalue weighted by atomic mass is 10.2. The van der Waals surface area contributed by atoms with Crippen LogP contribution in [0.1, 0.15) is 19.8 Å². The van der Waals surface area contributed by atoms with E-state index < -0.39 is 0 Å². The van der Waals surface area contributed by atoms with E-state index in [1.54, 1.807) is 29.3 Å². The van der Waals surface area contributed by atoms with Gasteiger partial charge in [-0.1, -0.05) is 0 Å². The molecule has 20 heavy (non-hydrogen) atoms. The Kier molecular flexibility index (Phi) is 3.37. The van der Waals surface area contributed by atoms with Crippen molar-refractivity contribution in [3.8, 4) is 5.69 Å². The van der Waals surface area contributed by atoms with Crippen LogP contribution in [0.25, 0.3) is 5.69 Å². The smallest absolute Gasteiger partial charge is 0.320 e. The van der Waals surface area contributed by atoms with Crippen molar-refractivity contribution in [3.63, 3.8) is 0 Å². The molecular formula is C14H17N5O. The summed E-state index contributed by atoms with van der Waals surface area (Å²) in [5.74, 6) is 1.16. The zero-order valence-electron chi connectivity index (χ0n) is 11.3. The van der Waals surface area contributed by atoms with Crippen LogP contribution in [-0.2, 0) is 0 Å². The van der Waals surface area contributed by atoms with E-state index in [1.807, 2.05) is 19.1 Å². The zero-order valence-corrected chi connectivity index (χ0v) is 11.3. The van der Waals surface area contributed by atoms with Gasteiger partial charge in [0.25, 0.3) is 0 Å². The van der Waals surface area contributed by atoms with Crippen LogP contribution >= 0.6 is 0 Å². The number of anilines is 1. The van der Waals surface area contributed by atoms with E-state index in [-0.39, 0.29) is 12.1 Å². The Morgan fingerprint density at radius 3 is 2.80 bits per heavy atom. The average Bonchev–Trinajstić information content (AvgIpc) is 3.21. The number of nitrogens with zero attached hydrogens (tertiary/aromatic N) is 3. The molecule has 1 aliphatic rings. The number of aromatic nitrogens is 3. The molecule has 2 aromatic heterocycles. The second-order valence-corrected chi connectivity index (χ2v) is 5.08. The number of carbonyl (C=O) groups excluding carboxylic acids is 1. The van der Waals surface area contributed by atoms with Gasteiger partial charge in [0.15, 0.2) is 5.82 Å². The number of urea groups is 1. The fourth-order valence-corrected chi connectivity index (χ4v) is 2.10. The monoisotopic (exact) mass is 271 g/mol. The van der Waals surface area contributed by atoms with Gasteiger partial charge >= 0.3 is 6.03 Å². The summed E-state index contributed by atoms with van der Waals surface area (Å²) < 4.78 is 1.70. The number of rotatable bonds is 4. The van der Waals surface area contributed by atoms with Gasteiger partial charge < -0.3 is 5.32 Å². The molecule has 6 heteroatoms. The van der Waals surface area contributed by atoms with Crippen molar-refractivity contribution >= 4 is 11.8 Å². The van der Waals surface area contributed by atoms with Gasteiger partial charge in [-0.05, 0) is 37.8 Å². The molecule has 2 aromatic rings. The second kappa shape index (κ2) is 5.32. The fraction of sp³-hybridized carbons (Fsp3) is 0.357. The summed E-state index contributed by atoms with van der Waals surface area (Å²) in [6.45, 7) is 2.03. The summed E-state index contributed by atoms with van der Waals surface area (Å²) in [6, 6.07) is 5.49. The lowest BCUT2D eigenvalue weighted by Gasteiger charge is -2.12. The molecule has 104 valence electrons. The molecular weight excluding hydrogens is 254 g/mol. The molecule has 2 heterocycles. The number of amides is 2. The largest absolute Gasteiger partial charge is 0.335 e. The van der Waals surface area contributed by atoms with Gasteiger partial charge in [0.2, 0.25) is 0 Å². The third kappa shape index (κ3) is 2.96. The molecule has 2 N–H and O–H groups in total. The van der Waals surface area contributed by atoms with Gasteiger partial charge in [0.1, 0.15) is 0 Å². The molecule has 1 saturated carbocycles. The van der Waals surface area contributed by atoms with E-state index >= 15 is 0 Å². The standard InChI is InChI=1S/C14H17N5O/c1-10(11-2-3-11)16-14(20)17-13-6-9-19(18-13)12-4-7-15-8-5-12/h4-11H,2-3H2,1H3,(H2,16,17,18,20). The molecule has 0 bridgehead atoms. The maximum Gasteiger partial charge on any atom is 0.320 e. The van der Waals surface area contributed by atoms with Crippen LogP contribution in [0.15, 0.2) is 36.8 Å². The molecule has 0 aromatic carbocycles. The van der Waals surface area contributed by atoms with Crippen molar-refractivity contribution in [3.05, 3.63) is 36.8 Å². The first-order valence-corrected chi connectivity index (χ1v) is 6.76. The molecule has 1 aliphatic carbocycles. The molecule has 0 radical (unpaired) electrons. The average molecular weight is 271 g/mol. The van der Waals surface area contributed by atoms with Crippen molar-refractivity contribution in [1.82, 2.24) is 20.1 Å². The number of pyridine rings is 1. The van der Waals surface area contributed by atoms with Gasteiger partial charge in [-0.15, -0.1) is 5.10 Å². The van der Waals surface area contributed by atoms with Gasteiger partial charge in [-0.2, -0.15) is 0 Å². The van der Waals surface area contributed by atoms with Crippen LogP contribution < -0.4 is 10.6 Å². The molecule has 0 aliphatic heterocycles.